The molecule has 3 N–H and O–H groups in total. The van der Waals surface area contributed by atoms with Crippen LogP contribution in [-0.4, -0.2) is 35.0 Å². The molecule has 3 rings (SSSR count). The van der Waals surface area contributed by atoms with Crippen LogP contribution in [0.2, 0.25) is 5.02 Å². The molecule has 3 aromatic rings. The van der Waals surface area contributed by atoms with Crippen molar-refractivity contribution >= 4 is 36.1 Å². The zero-order valence-corrected chi connectivity index (χ0v) is 16.9. The number of nitrogens with one attached hydrogen (secondary N) is 1. The van der Waals surface area contributed by atoms with Crippen LogP contribution in [0.5, 0.6) is 5.75 Å². The van der Waals surface area contributed by atoms with Crippen LogP contribution in [0.3, 0.4) is 0 Å². The van der Waals surface area contributed by atoms with Crippen LogP contribution in [0.15, 0.2) is 42.5 Å². The maximum atomic E-state index is 10.8. The van der Waals surface area contributed by atoms with Crippen molar-refractivity contribution in [3.63, 3.8) is 0 Å². The Kier molecular flexibility index (Phi) is 6.38. The van der Waals surface area contributed by atoms with E-state index in [9.17, 15) is 9.83 Å². The molecule has 10 heteroatoms. The Hall–Kier alpha value is -2.66. The van der Waals surface area contributed by atoms with Crippen molar-refractivity contribution in [1.29, 1.82) is 5.26 Å². The van der Waals surface area contributed by atoms with Crippen LogP contribution in [0, 0.1) is 11.3 Å². The van der Waals surface area contributed by atoms with Gasteiger partial charge in [-0.05, 0) is 35.9 Å². The summed E-state index contributed by atoms with van der Waals surface area (Å²) in [7, 11) is -3.02. The van der Waals surface area contributed by atoms with Gasteiger partial charge in [0.1, 0.15) is 23.2 Å². The second-order valence-corrected chi connectivity index (χ2v) is 7.64. The summed E-state index contributed by atoms with van der Waals surface area (Å²) in [5, 5.41) is 14.0. The molecule has 8 nitrogen and oxygen atoms in total. The highest BCUT2D eigenvalue weighted by Crippen LogP contribution is 2.38. The monoisotopic (exact) mass is 433 g/mol. The smallest absolute Gasteiger partial charge is 0.469 e. The first-order valence-corrected chi connectivity index (χ1v) is 10.3. The van der Waals surface area contributed by atoms with Crippen molar-refractivity contribution in [1.82, 2.24) is 4.98 Å². The molecule has 0 aliphatic carbocycles. The van der Waals surface area contributed by atoms with Crippen molar-refractivity contribution in [2.24, 2.45) is 0 Å². The molecular weight excluding hydrogens is 417 g/mol. The van der Waals surface area contributed by atoms with Gasteiger partial charge >= 0.3 is 7.82 Å². The zero-order chi connectivity index (χ0) is 21.0. The van der Waals surface area contributed by atoms with Crippen molar-refractivity contribution in [3.05, 3.63) is 53.1 Å². The third kappa shape index (κ3) is 5.04. The maximum absolute atomic E-state index is 10.8. The van der Waals surface area contributed by atoms with Crippen LogP contribution >= 0.6 is 19.4 Å². The van der Waals surface area contributed by atoms with E-state index < -0.39 is 7.82 Å². The van der Waals surface area contributed by atoms with Crippen molar-refractivity contribution in [3.8, 4) is 22.9 Å². The number of nitriles is 1. The average molecular weight is 434 g/mol. The number of phosphoric acid groups is 1. The van der Waals surface area contributed by atoms with Gasteiger partial charge in [-0.15, -0.1) is 0 Å². The third-order valence-corrected chi connectivity index (χ3v) is 4.83. The number of aromatic nitrogens is 1. The lowest BCUT2D eigenvalue weighted by molar-refractivity contribution is 0.204. The van der Waals surface area contributed by atoms with E-state index in [2.05, 4.69) is 20.9 Å². The van der Waals surface area contributed by atoms with Gasteiger partial charge in [-0.2, -0.15) is 5.26 Å². The molecule has 0 radical (unpaired) electrons. The molecule has 2 aromatic carbocycles. The normalized spacial score (nSPS) is 11.3. The third-order valence-electron chi connectivity index (χ3n) is 4.07. The molecule has 150 valence electrons. The summed E-state index contributed by atoms with van der Waals surface area (Å²) in [6.07, 6.45) is 0. The molecule has 0 unspecified atom stereocenters. The average Bonchev–Trinajstić information content (AvgIpc) is 2.68. The van der Waals surface area contributed by atoms with Gasteiger partial charge in [0.15, 0.2) is 0 Å². The lowest BCUT2D eigenvalue weighted by atomic mass is 9.96. The number of rotatable bonds is 7. The molecule has 0 atom stereocenters. The first-order valence-electron chi connectivity index (χ1n) is 8.44. The van der Waals surface area contributed by atoms with Crippen LogP contribution in [-0.2, 0) is 9.09 Å². The van der Waals surface area contributed by atoms with Crippen molar-refractivity contribution in [2.45, 2.75) is 0 Å². The number of nitrogens with zero attached hydrogens (tertiary/aromatic N) is 2. The number of fused-ring (bicyclic) bond motifs is 1. The molecule has 0 aliphatic heterocycles. The van der Waals surface area contributed by atoms with E-state index in [4.69, 9.17) is 26.1 Å². The predicted molar refractivity (Wildman–Crippen MR) is 110 cm³/mol. The molecule has 1 aromatic heterocycles. The summed E-state index contributed by atoms with van der Waals surface area (Å²) in [5.41, 5.74) is 2.23. The number of benzene rings is 2. The topological polar surface area (TPSA) is 125 Å². The SMILES string of the molecule is COc1ccc2nc(NCCOP(=O)(O)O)c(C#N)c(-c3cccc(Cl)c3)c2c1. The highest BCUT2D eigenvalue weighted by Gasteiger charge is 2.18. The fourth-order valence-corrected chi connectivity index (χ4v) is 3.40. The summed E-state index contributed by atoms with van der Waals surface area (Å²) >= 11 is 6.16. The Bertz CT molecular complexity index is 1140. The molecule has 0 saturated heterocycles. The molecule has 0 saturated carbocycles. The minimum atomic E-state index is -4.57. The highest BCUT2D eigenvalue weighted by molar-refractivity contribution is 7.46. The Balaban J connectivity index is 2.13. The van der Waals surface area contributed by atoms with E-state index in [-0.39, 0.29) is 24.5 Å². The molecule has 0 fully saturated rings. The van der Waals surface area contributed by atoms with E-state index in [1.165, 1.54) is 0 Å². The minimum absolute atomic E-state index is 0.0451. The number of halogens is 1. The van der Waals surface area contributed by atoms with Gasteiger partial charge in [0.2, 0.25) is 0 Å². The fourth-order valence-electron chi connectivity index (χ4n) is 2.88. The Morgan fingerprint density at radius 3 is 2.72 bits per heavy atom. The van der Waals surface area contributed by atoms with E-state index in [0.717, 1.165) is 5.56 Å². The van der Waals surface area contributed by atoms with Crippen LogP contribution in [0.1, 0.15) is 5.56 Å². The molecule has 0 amide bonds. The minimum Gasteiger partial charge on any atom is -0.497 e. The van der Waals surface area contributed by atoms with E-state index in [0.29, 0.717) is 27.2 Å². The summed E-state index contributed by atoms with van der Waals surface area (Å²) in [4.78, 5) is 22.1. The maximum Gasteiger partial charge on any atom is 0.469 e. The molecular formula is C19H17ClN3O5P. The summed E-state index contributed by atoms with van der Waals surface area (Å²) in [5.74, 6) is 0.886. The first kappa shape index (κ1) is 21.1. The summed E-state index contributed by atoms with van der Waals surface area (Å²) < 4.78 is 20.6. The van der Waals surface area contributed by atoms with E-state index in [1.807, 2.05) is 6.07 Å². The Labute approximate surface area is 171 Å². The second-order valence-electron chi connectivity index (χ2n) is 5.97. The summed E-state index contributed by atoms with van der Waals surface area (Å²) in [6, 6.07) is 14.6. The van der Waals surface area contributed by atoms with E-state index >= 15 is 0 Å². The van der Waals surface area contributed by atoms with Gasteiger partial charge in [0.05, 0.1) is 19.2 Å². The number of anilines is 1. The number of hydrogen-bond acceptors (Lipinski definition) is 6. The predicted octanol–water partition coefficient (Wildman–Crippen LogP) is 3.96. The molecule has 0 bridgehead atoms. The number of hydrogen-bond donors (Lipinski definition) is 3. The Morgan fingerprint density at radius 1 is 1.28 bits per heavy atom. The first-order chi connectivity index (χ1) is 13.8. The number of phosphoric ester groups is 1. The molecule has 0 aliphatic rings. The van der Waals surface area contributed by atoms with Gasteiger partial charge in [0, 0.05) is 22.5 Å². The Morgan fingerprint density at radius 2 is 2.07 bits per heavy atom. The largest absolute Gasteiger partial charge is 0.497 e. The summed E-state index contributed by atoms with van der Waals surface area (Å²) in [6.45, 7) is -0.215. The molecule has 1 heterocycles. The van der Waals surface area contributed by atoms with Crippen molar-refractivity contribution in [2.75, 3.05) is 25.6 Å². The van der Waals surface area contributed by atoms with Gasteiger partial charge < -0.3 is 19.8 Å². The second kappa shape index (κ2) is 8.78. The number of ether oxygens (including phenoxy) is 1. The molecule has 0 spiro atoms. The van der Waals surface area contributed by atoms with Crippen molar-refractivity contribution < 1.29 is 23.6 Å². The van der Waals surface area contributed by atoms with Crippen LogP contribution in [0.4, 0.5) is 5.82 Å². The fraction of sp³-hybridized carbons (Fsp3) is 0.158. The van der Waals surface area contributed by atoms with E-state index in [1.54, 1.807) is 43.5 Å². The number of methoxy groups -OCH3 is 1. The zero-order valence-electron chi connectivity index (χ0n) is 15.3. The quantitative estimate of drug-likeness (QED) is 0.378. The van der Waals surface area contributed by atoms with Crippen LogP contribution < -0.4 is 10.1 Å². The standard InChI is InChI=1S/C19H17ClN3O5P/c1-27-14-5-6-17-15(10-14)18(12-3-2-4-13(20)9-12)16(11-21)19(23-17)22-7-8-28-29(24,25)26/h2-6,9-10H,7-8H2,1H3,(H,22,23)(H2,24,25,26). The number of pyridine rings is 1. The van der Waals surface area contributed by atoms with Gasteiger partial charge in [-0.1, -0.05) is 23.7 Å². The van der Waals surface area contributed by atoms with Gasteiger partial charge in [-0.3, -0.25) is 4.52 Å². The van der Waals surface area contributed by atoms with Gasteiger partial charge in [0.25, 0.3) is 0 Å². The van der Waals surface area contributed by atoms with Gasteiger partial charge in [-0.25, -0.2) is 9.55 Å². The lowest BCUT2D eigenvalue weighted by Gasteiger charge is -2.15. The lowest BCUT2D eigenvalue weighted by Crippen LogP contribution is -2.11. The van der Waals surface area contributed by atoms with Crippen LogP contribution in [0.25, 0.3) is 22.0 Å². The molecule has 29 heavy (non-hydrogen) atoms. The highest BCUT2D eigenvalue weighted by atomic mass is 35.5.